The van der Waals surface area contributed by atoms with Crippen LogP contribution < -0.4 is 10.6 Å². The van der Waals surface area contributed by atoms with E-state index in [0.717, 1.165) is 30.8 Å². The van der Waals surface area contributed by atoms with Crippen LogP contribution in [0.3, 0.4) is 0 Å². The van der Waals surface area contributed by atoms with E-state index in [0.29, 0.717) is 18.9 Å². The van der Waals surface area contributed by atoms with Crippen LogP contribution >= 0.6 is 0 Å². The zero-order valence-electron chi connectivity index (χ0n) is 10.4. The molecule has 1 aliphatic rings. The van der Waals surface area contributed by atoms with Crippen molar-refractivity contribution in [2.24, 2.45) is 0 Å². The van der Waals surface area contributed by atoms with Crippen LogP contribution in [0.1, 0.15) is 36.6 Å². The molecule has 5 heteroatoms. The fourth-order valence-corrected chi connectivity index (χ4v) is 1.99. The highest BCUT2D eigenvalue weighted by atomic mass is 16.4. The number of hydrogen-bond donors (Lipinski definition) is 2. The first-order valence-corrected chi connectivity index (χ1v) is 6.08. The van der Waals surface area contributed by atoms with Crippen molar-refractivity contribution in [3.05, 3.63) is 17.3 Å². The van der Waals surface area contributed by atoms with Gasteiger partial charge in [-0.05, 0) is 26.7 Å². The summed E-state index contributed by atoms with van der Waals surface area (Å²) in [6.45, 7) is 5.22. The van der Waals surface area contributed by atoms with Crippen LogP contribution in [-0.2, 0) is 11.3 Å². The minimum absolute atomic E-state index is 0.125. The van der Waals surface area contributed by atoms with Crippen LogP contribution in [0, 0.1) is 13.8 Å². The molecule has 5 nitrogen and oxygen atoms in total. The summed E-state index contributed by atoms with van der Waals surface area (Å²) in [5.74, 6) is 1.69. The van der Waals surface area contributed by atoms with Crippen LogP contribution in [0.25, 0.3) is 0 Å². The summed E-state index contributed by atoms with van der Waals surface area (Å²) in [5, 5.41) is 6.20. The molecule has 0 aromatic carbocycles. The number of oxazole rings is 1. The van der Waals surface area contributed by atoms with Gasteiger partial charge in [0.05, 0.1) is 12.2 Å². The fourth-order valence-electron chi connectivity index (χ4n) is 1.99. The third-order valence-corrected chi connectivity index (χ3v) is 3.10. The van der Waals surface area contributed by atoms with Crippen molar-refractivity contribution >= 4 is 5.91 Å². The Kier molecular flexibility index (Phi) is 3.78. The van der Waals surface area contributed by atoms with Gasteiger partial charge in [0.15, 0.2) is 0 Å². The number of aromatic nitrogens is 1. The van der Waals surface area contributed by atoms with E-state index in [9.17, 15) is 4.79 Å². The highest BCUT2D eigenvalue weighted by Crippen LogP contribution is 2.10. The largest absolute Gasteiger partial charge is 0.444 e. The number of aryl methyl sites for hydroxylation is 2. The lowest BCUT2D eigenvalue weighted by atomic mass is 10.1. The van der Waals surface area contributed by atoms with Gasteiger partial charge in [0.25, 0.3) is 0 Å². The molecule has 1 aromatic rings. The molecule has 0 radical (unpaired) electrons. The molecule has 2 heterocycles. The number of rotatable bonds is 3. The standard InChI is InChI=1S/C12H19N3O2/c1-8-9(2)17-12(15-8)7-14-10-4-3-5-13-11(16)6-10/h10,14H,3-7H2,1-2H3,(H,13,16). The molecule has 1 unspecified atom stereocenters. The van der Waals surface area contributed by atoms with Crippen molar-refractivity contribution in [2.75, 3.05) is 6.54 Å². The molecule has 1 saturated heterocycles. The van der Waals surface area contributed by atoms with Gasteiger partial charge in [-0.1, -0.05) is 0 Å². The van der Waals surface area contributed by atoms with E-state index in [-0.39, 0.29) is 11.9 Å². The smallest absolute Gasteiger partial charge is 0.221 e. The molecule has 0 aliphatic carbocycles. The Morgan fingerprint density at radius 1 is 1.53 bits per heavy atom. The second-order valence-electron chi connectivity index (χ2n) is 4.52. The van der Waals surface area contributed by atoms with Gasteiger partial charge in [-0.2, -0.15) is 0 Å². The topological polar surface area (TPSA) is 67.2 Å². The normalized spacial score (nSPS) is 21.1. The predicted octanol–water partition coefficient (Wildman–Crippen LogP) is 1.05. The minimum Gasteiger partial charge on any atom is -0.444 e. The molecule has 1 fully saturated rings. The van der Waals surface area contributed by atoms with E-state index in [1.165, 1.54) is 0 Å². The molecule has 1 amide bonds. The van der Waals surface area contributed by atoms with Crippen LogP contribution in [-0.4, -0.2) is 23.5 Å². The Balaban J connectivity index is 1.86. The van der Waals surface area contributed by atoms with Crippen molar-refractivity contribution in [3.8, 4) is 0 Å². The zero-order chi connectivity index (χ0) is 12.3. The van der Waals surface area contributed by atoms with Crippen LogP contribution in [0.4, 0.5) is 0 Å². The second kappa shape index (κ2) is 5.31. The van der Waals surface area contributed by atoms with E-state index >= 15 is 0 Å². The molecule has 2 N–H and O–H groups in total. The SMILES string of the molecule is Cc1nc(CNC2CCCNC(=O)C2)oc1C. The van der Waals surface area contributed by atoms with Crippen molar-refractivity contribution in [3.63, 3.8) is 0 Å². The molecule has 94 valence electrons. The lowest BCUT2D eigenvalue weighted by Gasteiger charge is -2.13. The van der Waals surface area contributed by atoms with Crippen LogP contribution in [0.5, 0.6) is 0 Å². The summed E-state index contributed by atoms with van der Waals surface area (Å²) in [4.78, 5) is 15.7. The van der Waals surface area contributed by atoms with E-state index in [1.54, 1.807) is 0 Å². The van der Waals surface area contributed by atoms with Crippen molar-refractivity contribution < 1.29 is 9.21 Å². The van der Waals surface area contributed by atoms with Gasteiger partial charge in [-0.25, -0.2) is 4.98 Å². The molecule has 0 saturated carbocycles. The van der Waals surface area contributed by atoms with E-state index in [4.69, 9.17) is 4.42 Å². The van der Waals surface area contributed by atoms with Crippen molar-refractivity contribution in [2.45, 2.75) is 45.7 Å². The lowest BCUT2D eigenvalue weighted by molar-refractivity contribution is -0.121. The van der Waals surface area contributed by atoms with Gasteiger partial charge in [-0.3, -0.25) is 4.79 Å². The Labute approximate surface area is 101 Å². The molecular formula is C12H19N3O2. The van der Waals surface area contributed by atoms with Crippen molar-refractivity contribution in [1.82, 2.24) is 15.6 Å². The van der Waals surface area contributed by atoms with Crippen LogP contribution in [0.15, 0.2) is 4.42 Å². The first-order valence-electron chi connectivity index (χ1n) is 6.08. The number of amides is 1. The Hall–Kier alpha value is -1.36. The Morgan fingerprint density at radius 3 is 3.06 bits per heavy atom. The average Bonchev–Trinajstić information content (AvgIpc) is 2.50. The third-order valence-electron chi connectivity index (χ3n) is 3.10. The van der Waals surface area contributed by atoms with Gasteiger partial charge < -0.3 is 15.1 Å². The Bertz CT molecular complexity index is 381. The van der Waals surface area contributed by atoms with Gasteiger partial charge in [-0.15, -0.1) is 0 Å². The average molecular weight is 237 g/mol. The monoisotopic (exact) mass is 237 g/mol. The number of hydrogen-bond acceptors (Lipinski definition) is 4. The van der Waals surface area contributed by atoms with E-state index in [1.807, 2.05) is 13.8 Å². The number of nitrogens with one attached hydrogen (secondary N) is 2. The quantitative estimate of drug-likeness (QED) is 0.824. The maximum atomic E-state index is 11.4. The minimum atomic E-state index is 0.125. The highest BCUT2D eigenvalue weighted by molar-refractivity contribution is 5.76. The molecule has 1 atom stereocenters. The van der Waals surface area contributed by atoms with Gasteiger partial charge in [0.1, 0.15) is 5.76 Å². The maximum Gasteiger partial charge on any atom is 0.221 e. The van der Waals surface area contributed by atoms with Crippen molar-refractivity contribution in [1.29, 1.82) is 0 Å². The molecule has 17 heavy (non-hydrogen) atoms. The third kappa shape index (κ3) is 3.30. The number of carbonyl (C=O) groups excluding carboxylic acids is 1. The predicted molar refractivity (Wildman–Crippen MR) is 63.5 cm³/mol. The molecule has 1 aromatic heterocycles. The number of nitrogens with zero attached hydrogens (tertiary/aromatic N) is 1. The summed E-state index contributed by atoms with van der Waals surface area (Å²) >= 11 is 0. The summed E-state index contributed by atoms with van der Waals surface area (Å²) in [5.41, 5.74) is 0.931. The molecular weight excluding hydrogens is 218 g/mol. The summed E-state index contributed by atoms with van der Waals surface area (Å²) < 4.78 is 5.49. The van der Waals surface area contributed by atoms with Gasteiger partial charge >= 0.3 is 0 Å². The van der Waals surface area contributed by atoms with E-state index in [2.05, 4.69) is 15.6 Å². The maximum absolute atomic E-state index is 11.4. The second-order valence-corrected chi connectivity index (χ2v) is 4.52. The van der Waals surface area contributed by atoms with Gasteiger partial charge in [0, 0.05) is 19.0 Å². The summed E-state index contributed by atoms with van der Waals surface area (Å²) in [7, 11) is 0. The molecule has 1 aliphatic heterocycles. The Morgan fingerprint density at radius 2 is 2.35 bits per heavy atom. The summed E-state index contributed by atoms with van der Waals surface area (Å²) in [6.07, 6.45) is 2.57. The lowest BCUT2D eigenvalue weighted by Crippen LogP contribution is -2.32. The molecule has 0 bridgehead atoms. The van der Waals surface area contributed by atoms with Crippen LogP contribution in [0.2, 0.25) is 0 Å². The fraction of sp³-hybridized carbons (Fsp3) is 0.667. The first-order chi connectivity index (χ1) is 8.15. The molecule has 2 rings (SSSR count). The van der Waals surface area contributed by atoms with Gasteiger partial charge in [0.2, 0.25) is 11.8 Å². The first kappa shape index (κ1) is 12.1. The molecule has 0 spiro atoms. The number of carbonyl (C=O) groups is 1. The highest BCUT2D eigenvalue weighted by Gasteiger charge is 2.17. The zero-order valence-corrected chi connectivity index (χ0v) is 10.4. The summed E-state index contributed by atoms with van der Waals surface area (Å²) in [6, 6.07) is 0.227. The van der Waals surface area contributed by atoms with E-state index < -0.39 is 0 Å².